The number of nitrogens with zero attached hydrogens (tertiary/aromatic N) is 3. The summed E-state index contributed by atoms with van der Waals surface area (Å²) >= 11 is 0. The van der Waals surface area contributed by atoms with Gasteiger partial charge in [0.2, 0.25) is 0 Å². The number of carbonyl (C=O) groups is 1. The molecule has 0 spiro atoms. The van der Waals surface area contributed by atoms with Gasteiger partial charge in [-0.2, -0.15) is 0 Å². The molecular formula is C22H22N4O6. The zero-order valence-corrected chi connectivity index (χ0v) is 17.8. The summed E-state index contributed by atoms with van der Waals surface area (Å²) in [5.41, 5.74) is 1.40. The predicted molar refractivity (Wildman–Crippen MR) is 118 cm³/mol. The highest BCUT2D eigenvalue weighted by molar-refractivity contribution is 6.01. The summed E-state index contributed by atoms with van der Waals surface area (Å²) in [5.74, 6) is 0.176. The number of nitro groups is 1. The number of nitrogens with one attached hydrogen (secondary N) is 1. The van der Waals surface area contributed by atoms with Crippen molar-refractivity contribution in [1.29, 1.82) is 0 Å². The molecule has 0 atom stereocenters. The minimum absolute atomic E-state index is 0.100. The number of aromatic nitrogens is 2. The Bertz CT molecular complexity index is 1210. The van der Waals surface area contributed by atoms with E-state index in [2.05, 4.69) is 10.1 Å². The highest BCUT2D eigenvalue weighted by Gasteiger charge is 2.21. The fourth-order valence-electron chi connectivity index (χ4n) is 3.14. The van der Waals surface area contributed by atoms with Gasteiger partial charge in [-0.15, -0.1) is 0 Å². The highest BCUT2D eigenvalue weighted by atomic mass is 16.6. The molecule has 10 heteroatoms. The molecule has 0 amide bonds. The smallest absolute Gasteiger partial charge is 0.311 e. The molecule has 0 fully saturated rings. The number of hydrogen-bond donors (Lipinski definition) is 1. The lowest BCUT2D eigenvalue weighted by Gasteiger charge is -2.04. The first-order chi connectivity index (χ1) is 15.3. The van der Waals surface area contributed by atoms with Crippen LogP contribution < -0.4 is 10.3 Å². The zero-order chi connectivity index (χ0) is 23.3. The van der Waals surface area contributed by atoms with E-state index in [4.69, 9.17) is 9.47 Å². The van der Waals surface area contributed by atoms with Gasteiger partial charge in [0, 0.05) is 12.1 Å². The molecule has 166 valence electrons. The van der Waals surface area contributed by atoms with E-state index in [1.54, 1.807) is 31.2 Å². The van der Waals surface area contributed by atoms with E-state index < -0.39 is 16.5 Å². The average Bonchev–Trinajstić information content (AvgIpc) is 3.10. The van der Waals surface area contributed by atoms with Gasteiger partial charge in [0.25, 0.3) is 11.2 Å². The molecule has 0 unspecified atom stereocenters. The molecule has 1 N–H and O–H groups in total. The zero-order valence-electron chi connectivity index (χ0n) is 17.8. The number of methoxy groups -OCH3 is 1. The fraction of sp³-hybridized carbons (Fsp3) is 0.227. The highest BCUT2D eigenvalue weighted by Crippen LogP contribution is 2.20. The van der Waals surface area contributed by atoms with Crippen molar-refractivity contribution >= 4 is 23.1 Å². The third kappa shape index (κ3) is 4.91. The molecule has 0 saturated heterocycles. The van der Waals surface area contributed by atoms with Crippen molar-refractivity contribution in [2.45, 2.75) is 20.3 Å². The lowest BCUT2D eigenvalue weighted by molar-refractivity contribution is -0.384. The third-order valence-electron chi connectivity index (χ3n) is 4.64. The van der Waals surface area contributed by atoms with E-state index in [-0.39, 0.29) is 17.7 Å². The van der Waals surface area contributed by atoms with Crippen molar-refractivity contribution < 1.29 is 19.2 Å². The fourth-order valence-corrected chi connectivity index (χ4v) is 3.14. The molecule has 0 aliphatic heterocycles. The van der Waals surface area contributed by atoms with Crippen LogP contribution in [0.4, 0.5) is 11.4 Å². The van der Waals surface area contributed by atoms with Crippen LogP contribution in [0.25, 0.3) is 5.69 Å². The van der Waals surface area contributed by atoms with E-state index >= 15 is 0 Å². The van der Waals surface area contributed by atoms with Gasteiger partial charge in [-0.3, -0.25) is 29.8 Å². The monoisotopic (exact) mass is 438 g/mol. The largest absolute Gasteiger partial charge is 0.494 e. The average molecular weight is 438 g/mol. The predicted octanol–water partition coefficient (Wildman–Crippen LogP) is 3.33. The number of H-pyrrole nitrogens is 1. The Kier molecular flexibility index (Phi) is 6.83. The second-order valence-electron chi connectivity index (χ2n) is 6.76. The van der Waals surface area contributed by atoms with Crippen LogP contribution in [0.3, 0.4) is 0 Å². The second kappa shape index (κ2) is 9.73. The van der Waals surface area contributed by atoms with Gasteiger partial charge in [-0.1, -0.05) is 0 Å². The number of ether oxygens (including phenoxy) is 2. The van der Waals surface area contributed by atoms with Crippen molar-refractivity contribution in [2.24, 2.45) is 4.99 Å². The van der Waals surface area contributed by atoms with Crippen LogP contribution >= 0.6 is 0 Å². The maximum absolute atomic E-state index is 13.2. The lowest BCUT2D eigenvalue weighted by Crippen LogP contribution is -2.20. The normalized spacial score (nSPS) is 11.3. The van der Waals surface area contributed by atoms with Gasteiger partial charge >= 0.3 is 5.97 Å². The standard InChI is InChI=1S/C22H22N4O6/c1-4-32-18-11-5-15(6-12-18)23-14(2)21-19(13-20(27)31-3)24-25(22(21)28)16-7-9-17(10-8-16)26(29)30/h5-12,24H,4,13H2,1-3H3. The maximum Gasteiger partial charge on any atom is 0.311 e. The molecule has 2 aromatic carbocycles. The van der Waals surface area contributed by atoms with Crippen molar-refractivity contribution in [3.8, 4) is 11.4 Å². The Morgan fingerprint density at radius 2 is 1.81 bits per heavy atom. The van der Waals surface area contributed by atoms with E-state index in [9.17, 15) is 19.7 Å². The van der Waals surface area contributed by atoms with Crippen LogP contribution in [0, 0.1) is 10.1 Å². The molecule has 10 nitrogen and oxygen atoms in total. The topological polar surface area (TPSA) is 129 Å². The maximum atomic E-state index is 13.2. The summed E-state index contributed by atoms with van der Waals surface area (Å²) in [4.78, 5) is 40.0. The van der Waals surface area contributed by atoms with Gasteiger partial charge < -0.3 is 9.47 Å². The number of rotatable bonds is 8. The van der Waals surface area contributed by atoms with Crippen molar-refractivity contribution in [3.63, 3.8) is 0 Å². The number of aromatic amines is 1. The molecule has 3 rings (SSSR count). The summed E-state index contributed by atoms with van der Waals surface area (Å²) in [6.07, 6.45) is -0.169. The first-order valence-corrected chi connectivity index (χ1v) is 9.78. The molecule has 1 aromatic heterocycles. The molecule has 1 heterocycles. The van der Waals surface area contributed by atoms with E-state index in [0.29, 0.717) is 35.1 Å². The first kappa shape index (κ1) is 22.5. The number of carbonyl (C=O) groups excluding carboxylic acids is 1. The third-order valence-corrected chi connectivity index (χ3v) is 4.64. The van der Waals surface area contributed by atoms with Crippen LogP contribution in [-0.4, -0.2) is 40.1 Å². The van der Waals surface area contributed by atoms with Crippen LogP contribution in [0.2, 0.25) is 0 Å². The summed E-state index contributed by atoms with van der Waals surface area (Å²) in [7, 11) is 1.26. The minimum Gasteiger partial charge on any atom is -0.494 e. The van der Waals surface area contributed by atoms with Crippen molar-refractivity contribution in [3.05, 3.63) is 80.3 Å². The van der Waals surface area contributed by atoms with Gasteiger partial charge in [-0.05, 0) is 50.2 Å². The second-order valence-corrected chi connectivity index (χ2v) is 6.76. The molecule has 0 bridgehead atoms. The Labute approximate surface area is 183 Å². The number of benzene rings is 2. The Morgan fingerprint density at radius 3 is 2.38 bits per heavy atom. The van der Waals surface area contributed by atoms with Crippen LogP contribution in [0.15, 0.2) is 58.3 Å². The van der Waals surface area contributed by atoms with Crippen molar-refractivity contribution in [1.82, 2.24) is 9.78 Å². The van der Waals surface area contributed by atoms with Gasteiger partial charge in [0.15, 0.2) is 0 Å². The summed E-state index contributed by atoms with van der Waals surface area (Å²) in [6.45, 7) is 4.10. The van der Waals surface area contributed by atoms with E-state index in [1.165, 1.54) is 36.1 Å². The van der Waals surface area contributed by atoms with E-state index in [0.717, 1.165) is 0 Å². The van der Waals surface area contributed by atoms with Gasteiger partial charge in [0.1, 0.15) is 5.75 Å². The quantitative estimate of drug-likeness (QED) is 0.249. The minimum atomic E-state index is -0.530. The number of non-ortho nitro benzene ring substituents is 1. The molecule has 3 aromatic rings. The lowest BCUT2D eigenvalue weighted by atomic mass is 10.1. The van der Waals surface area contributed by atoms with Crippen LogP contribution in [0.1, 0.15) is 25.1 Å². The van der Waals surface area contributed by atoms with Gasteiger partial charge in [-0.25, -0.2) is 4.68 Å². The number of aliphatic imine (C=N–C) groups is 1. The Hall–Kier alpha value is -4.21. The van der Waals surface area contributed by atoms with Crippen LogP contribution in [0.5, 0.6) is 5.75 Å². The molecule has 0 radical (unpaired) electrons. The number of nitro benzene ring substituents is 1. The van der Waals surface area contributed by atoms with Crippen LogP contribution in [-0.2, 0) is 16.0 Å². The summed E-state index contributed by atoms with van der Waals surface area (Å²) < 4.78 is 11.4. The summed E-state index contributed by atoms with van der Waals surface area (Å²) in [6, 6.07) is 12.5. The van der Waals surface area contributed by atoms with E-state index in [1.807, 2.05) is 6.92 Å². The summed E-state index contributed by atoms with van der Waals surface area (Å²) in [5, 5.41) is 13.8. The molecule has 0 aliphatic carbocycles. The van der Waals surface area contributed by atoms with Crippen molar-refractivity contribution in [2.75, 3.05) is 13.7 Å². The SMILES string of the molecule is CCOc1ccc(N=C(C)c2c(CC(=O)OC)[nH]n(-c3ccc([N+](=O)[O-])cc3)c2=O)cc1. The Balaban J connectivity index is 2.05. The molecule has 0 aliphatic rings. The molecule has 0 saturated carbocycles. The van der Waals surface area contributed by atoms with Gasteiger partial charge in [0.05, 0.1) is 53.4 Å². The first-order valence-electron chi connectivity index (χ1n) is 9.78. The Morgan fingerprint density at radius 1 is 1.16 bits per heavy atom. The number of hydrogen-bond acceptors (Lipinski definition) is 7. The number of esters is 1. The molecule has 32 heavy (non-hydrogen) atoms. The molecular weight excluding hydrogens is 416 g/mol.